The smallest absolute Gasteiger partial charge is 0.172 e. The maximum Gasteiger partial charge on any atom is 0.172 e. The summed E-state index contributed by atoms with van der Waals surface area (Å²) in [6, 6.07) is 2.07. The zero-order chi connectivity index (χ0) is 10.0. The summed E-state index contributed by atoms with van der Waals surface area (Å²) in [5.74, 6) is -4.16. The zero-order valence-electron chi connectivity index (χ0n) is 6.38. The van der Waals surface area contributed by atoms with Crippen LogP contribution in [0.4, 0.5) is 8.78 Å². The van der Waals surface area contributed by atoms with Crippen LogP contribution in [-0.2, 0) is 6.42 Å². The fraction of sp³-hybridized carbons (Fsp3) is 0.125. The zero-order valence-corrected chi connectivity index (χ0v) is 6.38. The minimum atomic E-state index is -1.21. The molecule has 0 amide bonds. The minimum absolute atomic E-state index is 0.542. The average Bonchev–Trinajstić information content (AvgIpc) is 2.09. The molecule has 0 aliphatic carbocycles. The van der Waals surface area contributed by atoms with Crippen molar-refractivity contribution in [1.82, 2.24) is 0 Å². The van der Waals surface area contributed by atoms with Crippen molar-refractivity contribution in [3.8, 4) is 17.6 Å². The Labute approximate surface area is 72.5 Å². The maximum atomic E-state index is 12.9. The molecular weight excluding hydrogens is 180 g/mol. The van der Waals surface area contributed by atoms with Crippen LogP contribution in [0.25, 0.3) is 0 Å². The Morgan fingerprint density at radius 2 is 1.69 bits per heavy atom. The fourth-order valence-corrected chi connectivity index (χ4v) is 0.896. The quantitative estimate of drug-likeness (QED) is 0.695. The Bertz CT molecular complexity index is 358. The summed E-state index contributed by atoms with van der Waals surface area (Å²) in [5.41, 5.74) is -0.625. The van der Waals surface area contributed by atoms with Gasteiger partial charge in [0.2, 0.25) is 0 Å². The molecule has 68 valence electrons. The summed E-state index contributed by atoms with van der Waals surface area (Å²) < 4.78 is 25.8. The number of nitriles is 1. The summed E-state index contributed by atoms with van der Waals surface area (Å²) in [6.45, 7) is 0. The standard InChI is InChI=1S/C8H5F2NO2/c9-7-4(1-2-11)8(10)6(13)3-5(7)12/h3,12-13H,1H2. The van der Waals surface area contributed by atoms with Crippen molar-refractivity contribution in [1.29, 1.82) is 5.26 Å². The van der Waals surface area contributed by atoms with Gasteiger partial charge in [0.1, 0.15) is 0 Å². The molecule has 0 atom stereocenters. The highest BCUT2D eigenvalue weighted by atomic mass is 19.1. The van der Waals surface area contributed by atoms with E-state index in [9.17, 15) is 8.78 Å². The van der Waals surface area contributed by atoms with E-state index in [0.717, 1.165) is 0 Å². The SMILES string of the molecule is N#CCc1c(F)c(O)cc(O)c1F. The molecule has 0 saturated heterocycles. The molecule has 0 aromatic heterocycles. The van der Waals surface area contributed by atoms with Crippen molar-refractivity contribution in [2.24, 2.45) is 0 Å². The molecule has 0 unspecified atom stereocenters. The molecule has 1 aromatic rings. The Morgan fingerprint density at radius 3 is 2.08 bits per heavy atom. The van der Waals surface area contributed by atoms with Crippen molar-refractivity contribution < 1.29 is 19.0 Å². The van der Waals surface area contributed by atoms with Crippen LogP contribution < -0.4 is 0 Å². The van der Waals surface area contributed by atoms with E-state index in [4.69, 9.17) is 15.5 Å². The van der Waals surface area contributed by atoms with Gasteiger partial charge in [0.25, 0.3) is 0 Å². The number of hydrogen-bond acceptors (Lipinski definition) is 3. The van der Waals surface area contributed by atoms with Crippen molar-refractivity contribution in [3.05, 3.63) is 23.3 Å². The van der Waals surface area contributed by atoms with Gasteiger partial charge in [0.05, 0.1) is 12.5 Å². The van der Waals surface area contributed by atoms with E-state index in [1.54, 1.807) is 0 Å². The van der Waals surface area contributed by atoms with E-state index in [2.05, 4.69) is 0 Å². The predicted octanol–water partition coefficient (Wildman–Crippen LogP) is 1.44. The molecule has 1 aromatic carbocycles. The van der Waals surface area contributed by atoms with Gasteiger partial charge in [0, 0.05) is 11.6 Å². The second kappa shape index (κ2) is 3.27. The summed E-state index contributed by atoms with van der Waals surface area (Å²) in [5, 5.41) is 25.8. The van der Waals surface area contributed by atoms with Gasteiger partial charge in [0.15, 0.2) is 23.1 Å². The van der Waals surface area contributed by atoms with Gasteiger partial charge in [-0.3, -0.25) is 0 Å². The minimum Gasteiger partial charge on any atom is -0.505 e. The molecule has 0 aliphatic heterocycles. The molecule has 3 nitrogen and oxygen atoms in total. The molecule has 0 spiro atoms. The van der Waals surface area contributed by atoms with Gasteiger partial charge in [-0.25, -0.2) is 8.78 Å². The van der Waals surface area contributed by atoms with Crippen molar-refractivity contribution in [2.45, 2.75) is 6.42 Å². The number of phenols is 2. The third kappa shape index (κ3) is 1.51. The summed E-state index contributed by atoms with van der Waals surface area (Å²) >= 11 is 0. The molecule has 0 radical (unpaired) electrons. The largest absolute Gasteiger partial charge is 0.505 e. The first-order valence-electron chi connectivity index (χ1n) is 3.33. The van der Waals surface area contributed by atoms with Crippen LogP contribution in [0.1, 0.15) is 5.56 Å². The third-order valence-corrected chi connectivity index (χ3v) is 1.51. The number of hydrogen-bond donors (Lipinski definition) is 2. The number of nitrogens with zero attached hydrogens (tertiary/aromatic N) is 1. The van der Waals surface area contributed by atoms with E-state index in [1.165, 1.54) is 6.07 Å². The Hall–Kier alpha value is -1.83. The maximum absolute atomic E-state index is 12.9. The van der Waals surface area contributed by atoms with Crippen LogP contribution in [0.15, 0.2) is 6.07 Å². The molecular formula is C8H5F2NO2. The molecule has 0 fully saturated rings. The summed E-state index contributed by atoms with van der Waals surface area (Å²) in [4.78, 5) is 0. The lowest BCUT2D eigenvalue weighted by molar-refractivity contribution is 0.391. The summed E-state index contributed by atoms with van der Waals surface area (Å²) in [7, 11) is 0. The van der Waals surface area contributed by atoms with E-state index in [0.29, 0.717) is 6.07 Å². The lowest BCUT2D eigenvalue weighted by Crippen LogP contribution is -1.95. The second-order valence-corrected chi connectivity index (χ2v) is 2.36. The number of rotatable bonds is 1. The summed E-state index contributed by atoms with van der Waals surface area (Å²) in [6.07, 6.45) is -0.542. The normalized spacial score (nSPS) is 9.62. The van der Waals surface area contributed by atoms with Crippen LogP contribution in [0.3, 0.4) is 0 Å². The molecule has 5 heteroatoms. The van der Waals surface area contributed by atoms with Crippen LogP contribution >= 0.6 is 0 Å². The van der Waals surface area contributed by atoms with Crippen LogP contribution in [0.2, 0.25) is 0 Å². The lowest BCUT2D eigenvalue weighted by Gasteiger charge is -2.04. The van der Waals surface area contributed by atoms with E-state index >= 15 is 0 Å². The monoisotopic (exact) mass is 185 g/mol. The molecule has 2 N–H and O–H groups in total. The van der Waals surface area contributed by atoms with Crippen LogP contribution in [0.5, 0.6) is 11.5 Å². The second-order valence-electron chi connectivity index (χ2n) is 2.36. The fourth-order valence-electron chi connectivity index (χ4n) is 0.896. The van der Waals surface area contributed by atoms with Gasteiger partial charge in [-0.05, 0) is 0 Å². The molecule has 0 aliphatic rings. The predicted molar refractivity (Wildman–Crippen MR) is 39.0 cm³/mol. The van der Waals surface area contributed by atoms with Crippen LogP contribution in [-0.4, -0.2) is 10.2 Å². The Morgan fingerprint density at radius 1 is 1.23 bits per heavy atom. The van der Waals surface area contributed by atoms with Crippen molar-refractivity contribution in [3.63, 3.8) is 0 Å². The lowest BCUT2D eigenvalue weighted by atomic mass is 10.1. The number of benzene rings is 1. The highest BCUT2D eigenvalue weighted by Crippen LogP contribution is 2.29. The average molecular weight is 185 g/mol. The number of aromatic hydroxyl groups is 2. The molecule has 1 rings (SSSR count). The van der Waals surface area contributed by atoms with Gasteiger partial charge < -0.3 is 10.2 Å². The molecule has 0 bridgehead atoms. The van der Waals surface area contributed by atoms with Crippen molar-refractivity contribution >= 4 is 0 Å². The van der Waals surface area contributed by atoms with Gasteiger partial charge in [-0.1, -0.05) is 0 Å². The molecule has 13 heavy (non-hydrogen) atoms. The molecule has 0 heterocycles. The first-order valence-corrected chi connectivity index (χ1v) is 3.33. The van der Waals surface area contributed by atoms with E-state index in [-0.39, 0.29) is 0 Å². The molecule has 0 saturated carbocycles. The number of halogens is 2. The topological polar surface area (TPSA) is 64.2 Å². The van der Waals surface area contributed by atoms with E-state index in [1.807, 2.05) is 0 Å². The van der Waals surface area contributed by atoms with Crippen molar-refractivity contribution in [2.75, 3.05) is 0 Å². The van der Waals surface area contributed by atoms with Gasteiger partial charge in [-0.15, -0.1) is 0 Å². The third-order valence-electron chi connectivity index (χ3n) is 1.51. The Kier molecular flexibility index (Phi) is 2.33. The van der Waals surface area contributed by atoms with Crippen LogP contribution in [0, 0.1) is 23.0 Å². The first kappa shape index (κ1) is 9.26. The number of phenolic OH excluding ortho intramolecular Hbond substituents is 2. The first-order chi connectivity index (χ1) is 6.07. The highest BCUT2D eigenvalue weighted by molar-refractivity contribution is 5.41. The van der Waals surface area contributed by atoms with Gasteiger partial charge in [-0.2, -0.15) is 5.26 Å². The van der Waals surface area contributed by atoms with Gasteiger partial charge >= 0.3 is 0 Å². The van der Waals surface area contributed by atoms with E-state index < -0.39 is 35.1 Å². The Balaban J connectivity index is 3.39. The highest BCUT2D eigenvalue weighted by Gasteiger charge is 2.17.